The van der Waals surface area contributed by atoms with Crippen molar-refractivity contribution in [1.82, 2.24) is 10.2 Å². The SMILES string of the molecule is CCS(=O)(=O)c1ccc(C(=O)Nc2nnc(-c3ccc4c(c3)CCCC4)o2)cc1. The molecule has 1 aromatic heterocycles. The molecule has 8 heteroatoms. The third-order valence-electron chi connectivity index (χ3n) is 5.10. The van der Waals surface area contributed by atoms with Gasteiger partial charge >= 0.3 is 6.01 Å². The van der Waals surface area contributed by atoms with E-state index in [4.69, 9.17) is 4.42 Å². The number of nitrogens with one attached hydrogen (secondary N) is 1. The number of anilines is 1. The molecule has 1 amide bonds. The number of carbonyl (C=O) groups excluding carboxylic acids is 1. The minimum Gasteiger partial charge on any atom is -0.403 e. The van der Waals surface area contributed by atoms with Crippen LogP contribution in [0, 0.1) is 0 Å². The highest BCUT2D eigenvalue weighted by molar-refractivity contribution is 7.91. The molecule has 0 saturated heterocycles. The average molecular weight is 411 g/mol. The van der Waals surface area contributed by atoms with Gasteiger partial charge in [-0.25, -0.2) is 8.42 Å². The number of fused-ring (bicyclic) bond motifs is 1. The van der Waals surface area contributed by atoms with E-state index in [1.807, 2.05) is 6.07 Å². The van der Waals surface area contributed by atoms with Crippen LogP contribution in [-0.4, -0.2) is 30.3 Å². The van der Waals surface area contributed by atoms with Crippen LogP contribution in [0.1, 0.15) is 41.3 Å². The number of sulfone groups is 1. The molecular weight excluding hydrogens is 390 g/mol. The molecule has 0 radical (unpaired) electrons. The molecule has 1 aliphatic carbocycles. The summed E-state index contributed by atoms with van der Waals surface area (Å²) < 4.78 is 29.3. The lowest BCUT2D eigenvalue weighted by Crippen LogP contribution is -2.12. The minimum absolute atomic E-state index is 0.00595. The molecule has 2 aromatic carbocycles. The van der Waals surface area contributed by atoms with Gasteiger partial charge in [0.25, 0.3) is 5.91 Å². The second kappa shape index (κ2) is 7.79. The third-order valence-corrected chi connectivity index (χ3v) is 6.85. The molecular formula is C21H21N3O4S. The maximum atomic E-state index is 12.4. The largest absolute Gasteiger partial charge is 0.403 e. The summed E-state index contributed by atoms with van der Waals surface area (Å²) >= 11 is 0. The molecule has 0 aliphatic heterocycles. The lowest BCUT2D eigenvalue weighted by molar-refractivity contribution is 0.102. The van der Waals surface area contributed by atoms with E-state index in [1.54, 1.807) is 6.92 Å². The molecule has 1 aliphatic rings. The number of hydrogen-bond donors (Lipinski definition) is 1. The van der Waals surface area contributed by atoms with Crippen LogP contribution in [0.3, 0.4) is 0 Å². The van der Waals surface area contributed by atoms with Crippen LogP contribution in [0.5, 0.6) is 0 Å². The molecule has 0 bridgehead atoms. The molecule has 4 rings (SSSR count). The highest BCUT2D eigenvalue weighted by Crippen LogP contribution is 2.27. The van der Waals surface area contributed by atoms with E-state index in [2.05, 4.69) is 27.6 Å². The molecule has 1 N–H and O–H groups in total. The molecule has 3 aromatic rings. The first-order valence-electron chi connectivity index (χ1n) is 9.56. The Morgan fingerprint density at radius 3 is 2.48 bits per heavy atom. The van der Waals surface area contributed by atoms with E-state index >= 15 is 0 Å². The van der Waals surface area contributed by atoms with Gasteiger partial charge in [-0.1, -0.05) is 18.1 Å². The summed E-state index contributed by atoms with van der Waals surface area (Å²) in [6, 6.07) is 11.9. The maximum Gasteiger partial charge on any atom is 0.322 e. The quantitative estimate of drug-likeness (QED) is 0.687. The Kier molecular flexibility index (Phi) is 5.19. The van der Waals surface area contributed by atoms with Gasteiger partial charge in [0.05, 0.1) is 10.6 Å². The summed E-state index contributed by atoms with van der Waals surface area (Å²) in [5.74, 6) is -0.101. The average Bonchev–Trinajstić information content (AvgIpc) is 3.22. The fourth-order valence-electron chi connectivity index (χ4n) is 3.41. The number of aryl methyl sites for hydroxylation is 2. The zero-order chi connectivity index (χ0) is 20.4. The lowest BCUT2D eigenvalue weighted by atomic mass is 9.90. The molecule has 0 atom stereocenters. The Bertz CT molecular complexity index is 1150. The molecule has 0 unspecified atom stereocenters. The Balaban J connectivity index is 1.48. The van der Waals surface area contributed by atoms with Crippen molar-refractivity contribution in [1.29, 1.82) is 0 Å². The van der Waals surface area contributed by atoms with E-state index in [0.29, 0.717) is 11.5 Å². The van der Waals surface area contributed by atoms with Crippen LogP contribution in [0.2, 0.25) is 0 Å². The van der Waals surface area contributed by atoms with Gasteiger partial charge in [-0.15, -0.1) is 5.10 Å². The van der Waals surface area contributed by atoms with Crippen molar-refractivity contribution in [2.75, 3.05) is 11.1 Å². The lowest BCUT2D eigenvalue weighted by Gasteiger charge is -2.15. The van der Waals surface area contributed by atoms with E-state index in [-0.39, 0.29) is 16.7 Å². The van der Waals surface area contributed by atoms with E-state index < -0.39 is 15.7 Å². The van der Waals surface area contributed by atoms with Crippen molar-refractivity contribution in [2.24, 2.45) is 0 Å². The van der Waals surface area contributed by atoms with E-state index in [9.17, 15) is 13.2 Å². The standard InChI is InChI=1S/C21H21N3O4S/c1-2-29(26,27)18-11-9-15(10-12-18)19(25)22-21-24-23-20(28-21)17-8-7-14-5-3-4-6-16(14)13-17/h7-13H,2-6H2,1H3,(H,22,24,25). The topological polar surface area (TPSA) is 102 Å². The second-order valence-electron chi connectivity index (χ2n) is 6.98. The number of rotatable bonds is 5. The third kappa shape index (κ3) is 4.07. The van der Waals surface area contributed by atoms with Crippen LogP contribution in [0.15, 0.2) is 51.8 Å². The van der Waals surface area contributed by atoms with Crippen LogP contribution in [0.4, 0.5) is 6.01 Å². The molecule has 0 saturated carbocycles. The van der Waals surface area contributed by atoms with Crippen LogP contribution in [-0.2, 0) is 22.7 Å². The second-order valence-corrected chi connectivity index (χ2v) is 9.26. The number of benzene rings is 2. The molecule has 7 nitrogen and oxygen atoms in total. The Morgan fingerprint density at radius 1 is 1.03 bits per heavy atom. The smallest absolute Gasteiger partial charge is 0.322 e. The predicted octanol–water partition coefficient (Wildman–Crippen LogP) is 3.66. The first-order chi connectivity index (χ1) is 14.0. The molecule has 0 spiro atoms. The van der Waals surface area contributed by atoms with Crippen LogP contribution >= 0.6 is 0 Å². The molecule has 29 heavy (non-hydrogen) atoms. The predicted molar refractivity (Wildman–Crippen MR) is 108 cm³/mol. The Morgan fingerprint density at radius 2 is 1.76 bits per heavy atom. The Labute approximate surface area is 169 Å². The monoisotopic (exact) mass is 411 g/mol. The van der Waals surface area contributed by atoms with Crippen LogP contribution < -0.4 is 5.32 Å². The summed E-state index contributed by atoms with van der Waals surface area (Å²) in [4.78, 5) is 12.6. The van der Waals surface area contributed by atoms with Gasteiger partial charge in [0.15, 0.2) is 9.84 Å². The van der Waals surface area contributed by atoms with E-state index in [1.165, 1.54) is 48.2 Å². The van der Waals surface area contributed by atoms with Gasteiger partial charge in [0.2, 0.25) is 5.89 Å². The summed E-state index contributed by atoms with van der Waals surface area (Å²) in [6.07, 6.45) is 4.54. The zero-order valence-electron chi connectivity index (χ0n) is 16.0. The number of hydrogen-bond acceptors (Lipinski definition) is 6. The van der Waals surface area contributed by atoms with Gasteiger partial charge in [-0.3, -0.25) is 10.1 Å². The Hall–Kier alpha value is -3.00. The summed E-state index contributed by atoms with van der Waals surface area (Å²) in [7, 11) is -3.31. The number of nitrogens with zero attached hydrogens (tertiary/aromatic N) is 2. The first-order valence-corrected chi connectivity index (χ1v) is 11.2. The molecule has 1 heterocycles. The molecule has 150 valence electrons. The minimum atomic E-state index is -3.31. The number of carbonyl (C=O) groups is 1. The van der Waals surface area contributed by atoms with Crippen molar-refractivity contribution >= 4 is 21.8 Å². The highest BCUT2D eigenvalue weighted by Gasteiger charge is 2.17. The molecule has 0 fully saturated rings. The van der Waals surface area contributed by atoms with Gasteiger partial charge in [-0.2, -0.15) is 0 Å². The highest BCUT2D eigenvalue weighted by atomic mass is 32.2. The summed E-state index contributed by atoms with van der Waals surface area (Å²) in [5, 5.41) is 10.5. The van der Waals surface area contributed by atoms with Gasteiger partial charge in [0, 0.05) is 11.1 Å². The van der Waals surface area contributed by atoms with Crippen molar-refractivity contribution in [3.8, 4) is 11.5 Å². The van der Waals surface area contributed by atoms with E-state index in [0.717, 1.165) is 18.4 Å². The fraction of sp³-hybridized carbons (Fsp3) is 0.286. The number of amides is 1. The summed E-state index contributed by atoms with van der Waals surface area (Å²) in [5.41, 5.74) is 3.79. The van der Waals surface area contributed by atoms with Gasteiger partial charge in [-0.05, 0) is 73.2 Å². The first kappa shape index (κ1) is 19.3. The fourth-order valence-corrected chi connectivity index (χ4v) is 4.29. The van der Waals surface area contributed by atoms with Crippen molar-refractivity contribution in [3.63, 3.8) is 0 Å². The number of aromatic nitrogens is 2. The van der Waals surface area contributed by atoms with Gasteiger partial charge < -0.3 is 4.42 Å². The van der Waals surface area contributed by atoms with Crippen molar-refractivity contribution < 1.29 is 17.6 Å². The zero-order valence-corrected chi connectivity index (χ0v) is 16.8. The normalized spacial score (nSPS) is 13.7. The summed E-state index contributed by atoms with van der Waals surface area (Å²) in [6.45, 7) is 1.58. The van der Waals surface area contributed by atoms with Gasteiger partial charge in [0.1, 0.15) is 0 Å². The maximum absolute atomic E-state index is 12.4. The van der Waals surface area contributed by atoms with Crippen molar-refractivity contribution in [3.05, 3.63) is 59.2 Å². The van der Waals surface area contributed by atoms with Crippen LogP contribution in [0.25, 0.3) is 11.5 Å². The van der Waals surface area contributed by atoms with Crippen molar-refractivity contribution in [2.45, 2.75) is 37.5 Å².